The van der Waals surface area contributed by atoms with Crippen LogP contribution >= 0.6 is 22.7 Å². The van der Waals surface area contributed by atoms with Crippen LogP contribution in [0.25, 0.3) is 0 Å². The quantitative estimate of drug-likeness (QED) is 0.554. The number of hydrogen-bond acceptors (Lipinski definition) is 5. The van der Waals surface area contributed by atoms with Gasteiger partial charge in [0.15, 0.2) is 0 Å². The molecule has 0 saturated heterocycles. The van der Waals surface area contributed by atoms with Gasteiger partial charge in [-0.25, -0.2) is 0 Å². The highest BCUT2D eigenvalue weighted by Gasteiger charge is 2.26. The van der Waals surface area contributed by atoms with Crippen LogP contribution in [0.2, 0.25) is 0 Å². The maximum atomic E-state index is 12.6. The molecule has 2 aromatic heterocycles. The average molecular weight is 412 g/mol. The van der Waals surface area contributed by atoms with Crippen molar-refractivity contribution >= 4 is 39.5 Å². The number of rotatable bonds is 7. The third-order valence-corrected chi connectivity index (χ3v) is 6.99. The van der Waals surface area contributed by atoms with E-state index in [9.17, 15) is 9.59 Å². The Bertz CT molecular complexity index is 981. The fourth-order valence-electron chi connectivity index (χ4n) is 3.60. The van der Waals surface area contributed by atoms with E-state index in [4.69, 9.17) is 5.73 Å². The predicted molar refractivity (Wildman–Crippen MR) is 114 cm³/mol. The standard InChI is InChI=1S/C21H21N3O2S2/c22-20(26)18-14-8-4-9-15(14)28-21(18)24-17(25)12-23-19(16-10-5-11-27-16)13-6-2-1-3-7-13/h1-3,5-7,10-11,19,23H,4,8-9,12H2,(H2,22,26)(H,24,25)/t19-/m0/s1. The normalized spacial score (nSPS) is 13.9. The van der Waals surface area contributed by atoms with E-state index in [-0.39, 0.29) is 18.5 Å². The summed E-state index contributed by atoms with van der Waals surface area (Å²) in [5.74, 6) is -0.650. The van der Waals surface area contributed by atoms with Gasteiger partial charge in [-0.15, -0.1) is 22.7 Å². The van der Waals surface area contributed by atoms with Crippen LogP contribution in [-0.4, -0.2) is 18.4 Å². The fourth-order valence-corrected chi connectivity index (χ4v) is 5.74. The smallest absolute Gasteiger partial charge is 0.251 e. The number of primary amides is 1. The summed E-state index contributed by atoms with van der Waals surface area (Å²) in [6, 6.07) is 14.0. The van der Waals surface area contributed by atoms with E-state index in [2.05, 4.69) is 16.7 Å². The summed E-state index contributed by atoms with van der Waals surface area (Å²) < 4.78 is 0. The number of nitrogens with one attached hydrogen (secondary N) is 2. The molecule has 4 N–H and O–H groups in total. The number of amides is 2. The Balaban J connectivity index is 1.47. The number of fused-ring (bicyclic) bond motifs is 1. The number of hydrogen-bond donors (Lipinski definition) is 3. The first-order valence-electron chi connectivity index (χ1n) is 9.19. The van der Waals surface area contributed by atoms with Crippen LogP contribution in [0, 0.1) is 0 Å². The van der Waals surface area contributed by atoms with Gasteiger partial charge in [-0.3, -0.25) is 14.9 Å². The summed E-state index contributed by atoms with van der Waals surface area (Å²) in [4.78, 5) is 26.8. The van der Waals surface area contributed by atoms with Crippen molar-refractivity contribution in [3.05, 3.63) is 74.3 Å². The van der Waals surface area contributed by atoms with Gasteiger partial charge in [0.25, 0.3) is 5.91 Å². The Kier molecular flexibility index (Phi) is 5.57. The van der Waals surface area contributed by atoms with Crippen molar-refractivity contribution in [3.63, 3.8) is 0 Å². The summed E-state index contributed by atoms with van der Waals surface area (Å²) >= 11 is 3.13. The number of anilines is 1. The van der Waals surface area contributed by atoms with Crippen LogP contribution in [0.3, 0.4) is 0 Å². The molecule has 0 unspecified atom stereocenters. The number of nitrogens with two attached hydrogens (primary N) is 1. The van der Waals surface area contributed by atoms with Gasteiger partial charge in [0.1, 0.15) is 5.00 Å². The first-order chi connectivity index (χ1) is 13.6. The van der Waals surface area contributed by atoms with Gasteiger partial charge in [-0.05, 0) is 41.8 Å². The number of aryl methyl sites for hydroxylation is 1. The number of benzene rings is 1. The van der Waals surface area contributed by atoms with Crippen LogP contribution in [0.4, 0.5) is 5.00 Å². The fraction of sp³-hybridized carbons (Fsp3) is 0.238. The van der Waals surface area contributed by atoms with Gasteiger partial charge in [-0.2, -0.15) is 0 Å². The molecule has 0 saturated carbocycles. The maximum absolute atomic E-state index is 12.6. The summed E-state index contributed by atoms with van der Waals surface area (Å²) in [6.45, 7) is 0.137. The topological polar surface area (TPSA) is 84.2 Å². The molecule has 5 nitrogen and oxygen atoms in total. The summed E-state index contributed by atoms with van der Waals surface area (Å²) in [7, 11) is 0. The second kappa shape index (κ2) is 8.26. The van der Waals surface area contributed by atoms with E-state index in [0.29, 0.717) is 10.6 Å². The largest absolute Gasteiger partial charge is 0.365 e. The highest BCUT2D eigenvalue weighted by atomic mass is 32.1. The Hall–Kier alpha value is -2.48. The van der Waals surface area contributed by atoms with E-state index in [1.807, 2.05) is 41.8 Å². The van der Waals surface area contributed by atoms with Crippen molar-refractivity contribution in [3.8, 4) is 0 Å². The molecule has 0 aliphatic heterocycles. The zero-order valence-electron chi connectivity index (χ0n) is 15.2. The van der Waals surface area contributed by atoms with Crippen molar-refractivity contribution in [2.75, 3.05) is 11.9 Å². The molecule has 144 valence electrons. The lowest BCUT2D eigenvalue weighted by atomic mass is 10.1. The SMILES string of the molecule is NC(=O)c1c(NC(=O)CN[C@@H](c2ccccc2)c2cccs2)sc2c1CCC2. The molecular weight excluding hydrogens is 390 g/mol. The van der Waals surface area contributed by atoms with Crippen molar-refractivity contribution in [2.45, 2.75) is 25.3 Å². The molecule has 2 heterocycles. The van der Waals surface area contributed by atoms with Gasteiger partial charge in [0.2, 0.25) is 5.91 Å². The lowest BCUT2D eigenvalue weighted by molar-refractivity contribution is -0.115. The molecule has 1 atom stereocenters. The number of thiophene rings is 2. The van der Waals surface area contributed by atoms with E-state index in [1.54, 1.807) is 11.3 Å². The van der Waals surface area contributed by atoms with E-state index < -0.39 is 5.91 Å². The summed E-state index contributed by atoms with van der Waals surface area (Å²) in [5, 5.41) is 8.84. The number of carbonyl (C=O) groups is 2. The monoisotopic (exact) mass is 411 g/mol. The third-order valence-electron chi connectivity index (χ3n) is 4.85. The van der Waals surface area contributed by atoms with E-state index in [0.717, 1.165) is 40.1 Å². The highest BCUT2D eigenvalue weighted by Crippen LogP contribution is 2.38. The third kappa shape index (κ3) is 3.87. The summed E-state index contributed by atoms with van der Waals surface area (Å²) in [5.41, 5.74) is 8.18. The number of carbonyl (C=O) groups excluding carboxylic acids is 2. The van der Waals surface area contributed by atoms with Crippen molar-refractivity contribution in [1.29, 1.82) is 0 Å². The molecule has 0 spiro atoms. The molecule has 28 heavy (non-hydrogen) atoms. The Morgan fingerprint density at radius 2 is 1.93 bits per heavy atom. The van der Waals surface area contributed by atoms with E-state index in [1.165, 1.54) is 11.3 Å². The van der Waals surface area contributed by atoms with Crippen molar-refractivity contribution in [1.82, 2.24) is 5.32 Å². The van der Waals surface area contributed by atoms with Gasteiger partial charge >= 0.3 is 0 Å². The second-order valence-electron chi connectivity index (χ2n) is 6.71. The lowest BCUT2D eigenvalue weighted by Gasteiger charge is -2.18. The van der Waals surface area contributed by atoms with Gasteiger partial charge in [0.05, 0.1) is 18.2 Å². The lowest BCUT2D eigenvalue weighted by Crippen LogP contribution is -2.32. The molecule has 4 rings (SSSR count). The zero-order chi connectivity index (χ0) is 19.5. The predicted octanol–water partition coefficient (Wildman–Crippen LogP) is 3.71. The van der Waals surface area contributed by atoms with Crippen LogP contribution in [0.1, 0.15) is 43.7 Å². The first-order valence-corrected chi connectivity index (χ1v) is 10.9. The molecular formula is C21H21N3O2S2. The van der Waals surface area contributed by atoms with Crippen LogP contribution in [-0.2, 0) is 17.6 Å². The first kappa shape index (κ1) is 18.9. The minimum atomic E-state index is -0.469. The molecule has 0 radical (unpaired) electrons. The molecule has 1 aliphatic rings. The highest BCUT2D eigenvalue weighted by molar-refractivity contribution is 7.17. The molecule has 3 aromatic rings. The van der Waals surface area contributed by atoms with Crippen molar-refractivity contribution < 1.29 is 9.59 Å². The molecule has 0 fully saturated rings. The molecule has 7 heteroatoms. The van der Waals surface area contributed by atoms with Crippen molar-refractivity contribution in [2.24, 2.45) is 5.73 Å². The van der Waals surface area contributed by atoms with Gasteiger partial charge in [-0.1, -0.05) is 36.4 Å². The Labute approximate surface area is 171 Å². The van der Waals surface area contributed by atoms with Gasteiger partial charge < -0.3 is 11.1 Å². The molecule has 1 aliphatic carbocycles. The van der Waals surface area contributed by atoms with Crippen LogP contribution in [0.15, 0.2) is 47.8 Å². The minimum absolute atomic E-state index is 0.0593. The maximum Gasteiger partial charge on any atom is 0.251 e. The Morgan fingerprint density at radius 3 is 2.64 bits per heavy atom. The molecule has 2 amide bonds. The van der Waals surface area contributed by atoms with Crippen LogP contribution in [0.5, 0.6) is 0 Å². The van der Waals surface area contributed by atoms with Gasteiger partial charge in [0, 0.05) is 9.75 Å². The summed E-state index contributed by atoms with van der Waals surface area (Å²) in [6.07, 6.45) is 2.84. The molecule has 0 bridgehead atoms. The average Bonchev–Trinajstić information content (AvgIpc) is 3.40. The Morgan fingerprint density at radius 1 is 1.11 bits per heavy atom. The zero-order valence-corrected chi connectivity index (χ0v) is 16.9. The molecule has 1 aromatic carbocycles. The minimum Gasteiger partial charge on any atom is -0.365 e. The second-order valence-corrected chi connectivity index (χ2v) is 8.80. The van der Waals surface area contributed by atoms with E-state index >= 15 is 0 Å². The van der Waals surface area contributed by atoms with Crippen LogP contribution < -0.4 is 16.4 Å².